The van der Waals surface area contributed by atoms with E-state index in [1.807, 2.05) is 6.92 Å². The Kier molecular flexibility index (Phi) is 17.0. The molecule has 0 radical (unpaired) electrons. The maximum atomic E-state index is 13.5. The van der Waals surface area contributed by atoms with Crippen LogP contribution < -0.4 is 22.6 Å². The van der Waals surface area contributed by atoms with Crippen molar-refractivity contribution < 1.29 is 64.4 Å². The van der Waals surface area contributed by atoms with E-state index in [1.165, 1.54) is 49.1 Å². The van der Waals surface area contributed by atoms with Gasteiger partial charge in [-0.15, -0.1) is 0 Å². The van der Waals surface area contributed by atoms with Crippen molar-refractivity contribution in [2.24, 2.45) is 0 Å². The summed E-state index contributed by atoms with van der Waals surface area (Å²) in [5.74, 6) is 0.740. The van der Waals surface area contributed by atoms with Crippen molar-refractivity contribution >= 4 is 49.4 Å². The quantitative estimate of drug-likeness (QED) is 0.0400. The molecule has 28 heteroatoms. The van der Waals surface area contributed by atoms with Crippen molar-refractivity contribution in [1.82, 2.24) is 39.0 Å². The smallest absolute Gasteiger partial charge is 0.356 e. The van der Waals surface area contributed by atoms with Crippen molar-refractivity contribution in [1.29, 1.82) is 0 Å². The number of fused-ring (bicyclic) bond motifs is 2. The molecule has 6 N–H and O–H groups in total. The Hall–Kier alpha value is -7.02. The number of allylic oxidation sites excluding steroid dienone is 2. The molecule has 4 aromatic heterocycles. The Labute approximate surface area is 401 Å². The molecule has 6 aromatic rings. The number of nitrogens with zero attached hydrogens (tertiary/aromatic N) is 6. The lowest BCUT2D eigenvalue weighted by Crippen LogP contribution is -2.13. The Morgan fingerprint density at radius 2 is 1.10 bits per heavy atom. The number of imidazole rings is 2. The fourth-order valence-corrected chi connectivity index (χ4v) is 8.93. The van der Waals surface area contributed by atoms with Gasteiger partial charge in [-0.3, -0.25) is 37.7 Å². The lowest BCUT2D eigenvalue weighted by Gasteiger charge is -2.19. The highest BCUT2D eigenvalue weighted by Gasteiger charge is 2.31. The van der Waals surface area contributed by atoms with Gasteiger partial charge in [0.1, 0.15) is 49.1 Å². The number of nitrogen functional groups attached to an aromatic ring is 2. The third kappa shape index (κ3) is 14.1. The first-order valence-corrected chi connectivity index (χ1v) is 24.8. The lowest BCUT2D eigenvalue weighted by atomic mass is 10.2. The van der Waals surface area contributed by atoms with Crippen LogP contribution in [0.4, 0.5) is 20.7 Å². The third-order valence-corrected chi connectivity index (χ3v) is 12.9. The number of rotatable bonds is 23. The Morgan fingerprint density at radius 3 is 1.55 bits per heavy atom. The van der Waals surface area contributed by atoms with E-state index >= 15 is 0 Å². The average Bonchev–Trinajstić information content (AvgIpc) is 4.11. The maximum absolute atomic E-state index is 13.5. The highest BCUT2D eigenvalue weighted by molar-refractivity contribution is 7.53. The molecular weight excluding hydrogens is 980 g/mol. The second kappa shape index (κ2) is 23.3. The Morgan fingerprint density at radius 1 is 0.662 bits per heavy atom. The number of hydrogen-bond acceptors (Lipinski definition) is 20. The van der Waals surface area contributed by atoms with E-state index in [9.17, 15) is 27.5 Å². The highest BCUT2D eigenvalue weighted by atomic mass is 31.2. The van der Waals surface area contributed by atoms with Crippen molar-refractivity contribution in [2.75, 3.05) is 50.6 Å². The summed E-state index contributed by atoms with van der Waals surface area (Å²) in [6, 6.07) is 11.4. The van der Waals surface area contributed by atoms with Crippen molar-refractivity contribution in [2.45, 2.75) is 46.6 Å². The summed E-state index contributed by atoms with van der Waals surface area (Å²) in [7, 11) is -7.67. The monoisotopic (exact) mass is 1030 g/mol. The molecule has 0 saturated carbocycles. The van der Waals surface area contributed by atoms with Gasteiger partial charge in [0.15, 0.2) is 33.8 Å². The lowest BCUT2D eigenvalue weighted by molar-refractivity contribution is 0.114. The van der Waals surface area contributed by atoms with Gasteiger partial charge in [-0.1, -0.05) is 31.2 Å². The molecule has 6 heterocycles. The molecule has 2 aliphatic heterocycles. The molecule has 8 rings (SSSR count). The third-order valence-electron chi connectivity index (χ3n) is 9.86. The minimum atomic E-state index is -3.84. The molecule has 0 amide bonds. The highest BCUT2D eigenvalue weighted by Crippen LogP contribution is 2.51. The van der Waals surface area contributed by atoms with Crippen LogP contribution in [-0.2, 0) is 81.9 Å². The van der Waals surface area contributed by atoms with Crippen LogP contribution in [0.1, 0.15) is 31.4 Å². The van der Waals surface area contributed by atoms with E-state index < -0.39 is 50.6 Å². The molecule has 2 aromatic carbocycles. The fraction of sp³-hybridized carbons (Fsp3) is 0.302. The SMILES string of the molecule is C=C1OC(C)=C(COP(=O)(COCCn2cnc3c(=O)[nH]c(N)nc32)OCc2cccc(F)c2)O1.C=C1OC(CC)=C(COP(=O)(COCCn2cnc3c(=O)[nH]c(N)nc32)OCc2cccc(F)c2)O1. The van der Waals surface area contributed by atoms with Gasteiger partial charge in [-0.2, -0.15) is 9.97 Å². The summed E-state index contributed by atoms with van der Waals surface area (Å²) in [6.45, 7) is 10.5. The van der Waals surface area contributed by atoms with E-state index in [1.54, 1.807) is 28.2 Å². The molecule has 378 valence electrons. The minimum absolute atomic E-state index is 0.0413. The van der Waals surface area contributed by atoms with Gasteiger partial charge < -0.3 is 58.1 Å². The number of halogens is 2. The van der Waals surface area contributed by atoms with E-state index in [4.69, 9.17) is 58.0 Å². The Balaban J connectivity index is 0.000000209. The molecule has 0 spiro atoms. The number of nitrogens with one attached hydrogen (secondary N) is 2. The van der Waals surface area contributed by atoms with Crippen molar-refractivity contribution in [3.05, 3.63) is 153 Å². The molecule has 2 atom stereocenters. The first-order chi connectivity index (χ1) is 34.0. The second-order valence-corrected chi connectivity index (χ2v) is 19.1. The van der Waals surface area contributed by atoms with Gasteiger partial charge in [0.25, 0.3) is 23.0 Å². The largest absolute Gasteiger partial charge is 0.428 e. The van der Waals surface area contributed by atoms with Gasteiger partial charge in [0.2, 0.25) is 11.9 Å². The predicted molar refractivity (Wildman–Crippen MR) is 249 cm³/mol. The van der Waals surface area contributed by atoms with Gasteiger partial charge in [-0.05, 0) is 55.5 Å². The molecule has 2 unspecified atom stereocenters. The number of aromatic amines is 2. The van der Waals surface area contributed by atoms with E-state index in [0.717, 1.165) is 0 Å². The van der Waals surface area contributed by atoms with Crippen LogP contribution in [0, 0.1) is 11.6 Å². The normalized spacial score (nSPS) is 15.3. The summed E-state index contributed by atoms with van der Waals surface area (Å²) in [5, 5.41) is 0. The van der Waals surface area contributed by atoms with Crippen LogP contribution in [0.5, 0.6) is 0 Å². The van der Waals surface area contributed by atoms with Crippen LogP contribution in [0.25, 0.3) is 22.3 Å². The number of aromatic nitrogens is 8. The first kappa shape index (κ1) is 51.8. The van der Waals surface area contributed by atoms with Crippen LogP contribution in [0.3, 0.4) is 0 Å². The van der Waals surface area contributed by atoms with E-state index in [2.05, 4.69) is 43.1 Å². The zero-order valence-electron chi connectivity index (χ0n) is 38.2. The van der Waals surface area contributed by atoms with Gasteiger partial charge in [0.05, 0.1) is 39.1 Å². The number of ether oxygens (including phenoxy) is 6. The van der Waals surface area contributed by atoms with Gasteiger partial charge in [0, 0.05) is 19.5 Å². The number of nitrogens with two attached hydrogens (primary N) is 2. The summed E-state index contributed by atoms with van der Waals surface area (Å²) in [6.07, 6.45) is 2.56. The van der Waals surface area contributed by atoms with Crippen LogP contribution in [-0.4, -0.2) is 78.2 Å². The topological polar surface area (TPSA) is 306 Å². The van der Waals surface area contributed by atoms with E-state index in [-0.39, 0.29) is 93.2 Å². The summed E-state index contributed by atoms with van der Waals surface area (Å²) >= 11 is 0. The minimum Gasteiger partial charge on any atom is -0.428 e. The van der Waals surface area contributed by atoms with Crippen molar-refractivity contribution in [3.63, 3.8) is 0 Å². The van der Waals surface area contributed by atoms with Crippen LogP contribution >= 0.6 is 15.2 Å². The zero-order valence-corrected chi connectivity index (χ0v) is 40.0. The summed E-state index contributed by atoms with van der Waals surface area (Å²) in [4.78, 5) is 44.8. The standard InChI is InChI=1S/C22H25FN5O7P.C21H23FN5O7P/c1-3-17-18(35-14(2)34-17)11-33-36(30,32-10-15-5-4-6-16(23)9-15)13-31-8-7-28-12-25-19-20(28)26-22(24)27-21(19)29;1-13-17(34-14(2)33-13)10-32-35(29,31-9-15-4-3-5-16(22)8-15)12-30-7-6-27-11-24-18-19(27)25-21(23)26-20(18)28/h4-6,9,12H,2-3,7-8,10-11,13H2,1H3,(H3,24,26,27,29);3-5,8,11H,2,6-7,9-10,12H2,1H3,(H3,23,25,26,28). The number of anilines is 2. The van der Waals surface area contributed by atoms with Gasteiger partial charge in [-0.25, -0.2) is 18.7 Å². The molecule has 71 heavy (non-hydrogen) atoms. The second-order valence-electron chi connectivity index (χ2n) is 15.1. The molecule has 0 bridgehead atoms. The molecule has 0 saturated heterocycles. The zero-order chi connectivity index (χ0) is 50.7. The Bertz CT molecular complexity index is 3210. The number of hydrogen-bond donors (Lipinski definition) is 4. The average molecular weight is 1030 g/mol. The first-order valence-electron chi connectivity index (χ1n) is 21.3. The fourth-order valence-electron chi connectivity index (χ4n) is 6.46. The molecular formula is C43H48F2N10O14P2. The van der Waals surface area contributed by atoms with Crippen LogP contribution in [0.15, 0.2) is 119 Å². The number of H-pyrrole nitrogens is 2. The summed E-state index contributed by atoms with van der Waals surface area (Å²) in [5.41, 5.74) is 12.1. The van der Waals surface area contributed by atoms with Crippen LogP contribution in [0.2, 0.25) is 0 Å². The predicted octanol–water partition coefficient (Wildman–Crippen LogP) is 6.37. The molecule has 0 aliphatic carbocycles. The van der Waals surface area contributed by atoms with Gasteiger partial charge >= 0.3 is 15.2 Å². The molecule has 2 aliphatic rings. The molecule has 24 nitrogen and oxygen atoms in total. The molecule has 0 fully saturated rings. The van der Waals surface area contributed by atoms with E-state index in [0.29, 0.717) is 46.2 Å². The van der Waals surface area contributed by atoms with Crippen molar-refractivity contribution in [3.8, 4) is 0 Å². The summed E-state index contributed by atoms with van der Waals surface area (Å²) < 4.78 is 112. The maximum Gasteiger partial charge on any atom is 0.356 e. The number of benzene rings is 2.